The average molecular weight is 363 g/mol. The van der Waals surface area contributed by atoms with Gasteiger partial charge in [-0.3, -0.25) is 9.59 Å². The summed E-state index contributed by atoms with van der Waals surface area (Å²) in [6.07, 6.45) is 3.00. The minimum Gasteiger partial charge on any atom is -0.493 e. The molecule has 0 bridgehead atoms. The third kappa shape index (κ3) is 5.11. The average Bonchev–Trinajstić information content (AvgIpc) is 3.13. The Morgan fingerprint density at radius 1 is 1.27 bits per heavy atom. The van der Waals surface area contributed by atoms with Gasteiger partial charge < -0.3 is 25.4 Å². The lowest BCUT2D eigenvalue weighted by molar-refractivity contribution is -0.130. The van der Waals surface area contributed by atoms with Crippen LogP contribution in [0.2, 0.25) is 0 Å². The molecule has 0 radical (unpaired) electrons. The molecule has 144 valence electrons. The maximum absolute atomic E-state index is 12.4. The van der Waals surface area contributed by atoms with Crippen LogP contribution in [0.15, 0.2) is 18.2 Å². The van der Waals surface area contributed by atoms with E-state index in [4.69, 9.17) is 15.2 Å². The minimum atomic E-state index is -0.130. The fraction of sp³-hybridized carbons (Fsp3) is 0.579. The molecule has 0 aromatic heterocycles. The third-order valence-corrected chi connectivity index (χ3v) is 4.84. The highest BCUT2D eigenvalue weighted by molar-refractivity contribution is 5.79. The van der Waals surface area contributed by atoms with Gasteiger partial charge in [0.2, 0.25) is 5.91 Å². The predicted molar refractivity (Wildman–Crippen MR) is 98.9 cm³/mol. The smallest absolute Gasteiger partial charge is 0.259 e. The van der Waals surface area contributed by atoms with Gasteiger partial charge in [0.1, 0.15) is 0 Å². The van der Waals surface area contributed by atoms with Crippen LogP contribution >= 0.6 is 0 Å². The van der Waals surface area contributed by atoms with Crippen molar-refractivity contribution in [2.75, 3.05) is 34.4 Å². The topological polar surface area (TPSA) is 93.9 Å². The molecule has 7 nitrogen and oxygen atoms in total. The molecule has 0 aliphatic heterocycles. The van der Waals surface area contributed by atoms with E-state index in [0.29, 0.717) is 24.6 Å². The number of benzene rings is 1. The number of rotatable bonds is 8. The number of hydrogen-bond donors (Lipinski definition) is 2. The van der Waals surface area contributed by atoms with Crippen molar-refractivity contribution in [3.8, 4) is 11.5 Å². The van der Waals surface area contributed by atoms with E-state index in [2.05, 4.69) is 5.32 Å². The molecule has 0 spiro atoms. The number of carbonyl (C=O) groups is 2. The SMILES string of the molecule is COc1cc(CNC(=O)[C@@H]2CCC[C@@H]2CN)ccc1OCC(=O)N(C)C. The Morgan fingerprint density at radius 3 is 2.69 bits per heavy atom. The van der Waals surface area contributed by atoms with Crippen molar-refractivity contribution < 1.29 is 19.1 Å². The van der Waals surface area contributed by atoms with Crippen LogP contribution in [0.5, 0.6) is 11.5 Å². The zero-order valence-electron chi connectivity index (χ0n) is 15.8. The highest BCUT2D eigenvalue weighted by Crippen LogP contribution is 2.31. The molecule has 3 N–H and O–H groups in total. The van der Waals surface area contributed by atoms with Crippen LogP contribution in [-0.4, -0.2) is 51.1 Å². The van der Waals surface area contributed by atoms with Crippen LogP contribution in [0.4, 0.5) is 0 Å². The predicted octanol–water partition coefficient (Wildman–Crippen LogP) is 1.15. The number of hydrogen-bond acceptors (Lipinski definition) is 5. The molecule has 1 aromatic carbocycles. The standard InChI is InChI=1S/C19H29N3O4/c1-22(2)18(23)12-26-16-8-7-13(9-17(16)25-3)11-21-19(24)15-6-4-5-14(15)10-20/h7-9,14-15H,4-6,10-12,20H2,1-3H3,(H,21,24)/t14-,15-/m1/s1. The summed E-state index contributed by atoms with van der Waals surface area (Å²) in [5, 5.41) is 2.99. The molecule has 2 rings (SSSR count). The first kappa shape index (κ1) is 20.0. The van der Waals surface area contributed by atoms with Crippen LogP contribution in [0.1, 0.15) is 24.8 Å². The molecule has 26 heavy (non-hydrogen) atoms. The largest absolute Gasteiger partial charge is 0.493 e. The normalized spacial score (nSPS) is 19.1. The zero-order chi connectivity index (χ0) is 19.1. The number of likely N-dealkylation sites (N-methyl/N-ethyl adjacent to an activating group) is 1. The van der Waals surface area contributed by atoms with E-state index in [9.17, 15) is 9.59 Å². The van der Waals surface area contributed by atoms with Crippen LogP contribution in [0.25, 0.3) is 0 Å². The first-order valence-electron chi connectivity index (χ1n) is 8.94. The number of methoxy groups -OCH3 is 1. The summed E-state index contributed by atoms with van der Waals surface area (Å²) >= 11 is 0. The van der Waals surface area contributed by atoms with E-state index in [1.54, 1.807) is 27.3 Å². The zero-order valence-corrected chi connectivity index (χ0v) is 15.8. The molecule has 7 heteroatoms. The quantitative estimate of drug-likeness (QED) is 0.723. The fourth-order valence-corrected chi connectivity index (χ4v) is 3.19. The molecule has 0 unspecified atom stereocenters. The van der Waals surface area contributed by atoms with Gasteiger partial charge in [0, 0.05) is 26.6 Å². The van der Waals surface area contributed by atoms with Gasteiger partial charge in [-0.15, -0.1) is 0 Å². The van der Waals surface area contributed by atoms with Gasteiger partial charge in [0.05, 0.1) is 7.11 Å². The van der Waals surface area contributed by atoms with E-state index >= 15 is 0 Å². The lowest BCUT2D eigenvalue weighted by atomic mass is 9.95. The Kier molecular flexibility index (Phi) is 7.26. The van der Waals surface area contributed by atoms with Crippen molar-refractivity contribution in [1.82, 2.24) is 10.2 Å². The second-order valence-electron chi connectivity index (χ2n) is 6.81. The first-order valence-corrected chi connectivity index (χ1v) is 8.94. The first-order chi connectivity index (χ1) is 12.5. The molecule has 2 amide bonds. The van der Waals surface area contributed by atoms with Gasteiger partial charge in [-0.05, 0) is 43.0 Å². The molecular formula is C19H29N3O4. The van der Waals surface area contributed by atoms with Crippen molar-refractivity contribution in [1.29, 1.82) is 0 Å². The van der Waals surface area contributed by atoms with Crippen molar-refractivity contribution in [3.63, 3.8) is 0 Å². The summed E-state index contributed by atoms with van der Waals surface area (Å²) in [4.78, 5) is 25.5. The van der Waals surface area contributed by atoms with Crippen molar-refractivity contribution >= 4 is 11.8 Å². The third-order valence-electron chi connectivity index (χ3n) is 4.84. The Labute approximate surface area is 154 Å². The molecule has 1 aliphatic carbocycles. The van der Waals surface area contributed by atoms with E-state index in [-0.39, 0.29) is 30.3 Å². The number of nitrogens with two attached hydrogens (primary N) is 1. The molecule has 1 saturated carbocycles. The maximum atomic E-state index is 12.4. The lowest BCUT2D eigenvalue weighted by Gasteiger charge is -2.18. The van der Waals surface area contributed by atoms with Gasteiger partial charge in [-0.2, -0.15) is 0 Å². The summed E-state index contributed by atoms with van der Waals surface area (Å²) in [6.45, 7) is 0.922. The van der Waals surface area contributed by atoms with Crippen LogP contribution in [-0.2, 0) is 16.1 Å². The second kappa shape index (κ2) is 9.43. The van der Waals surface area contributed by atoms with Gasteiger partial charge in [0.15, 0.2) is 18.1 Å². The Bertz CT molecular complexity index is 633. The number of nitrogens with one attached hydrogen (secondary N) is 1. The van der Waals surface area contributed by atoms with Crippen molar-refractivity contribution in [2.24, 2.45) is 17.6 Å². The fourth-order valence-electron chi connectivity index (χ4n) is 3.19. The Hall–Kier alpha value is -2.28. The van der Waals surface area contributed by atoms with Gasteiger partial charge >= 0.3 is 0 Å². The molecule has 1 aliphatic rings. The molecule has 2 atom stereocenters. The number of amides is 2. The van der Waals surface area contributed by atoms with Gasteiger partial charge in [-0.25, -0.2) is 0 Å². The number of ether oxygens (including phenoxy) is 2. The summed E-state index contributed by atoms with van der Waals surface area (Å²) in [5.74, 6) is 1.26. The van der Waals surface area contributed by atoms with Gasteiger partial charge in [-0.1, -0.05) is 12.5 Å². The molecular weight excluding hydrogens is 334 g/mol. The molecule has 1 fully saturated rings. The Balaban J connectivity index is 1.94. The highest BCUT2D eigenvalue weighted by Gasteiger charge is 2.31. The van der Waals surface area contributed by atoms with E-state index < -0.39 is 0 Å². The molecule has 1 aromatic rings. The summed E-state index contributed by atoms with van der Waals surface area (Å²) in [7, 11) is 4.89. The Morgan fingerprint density at radius 2 is 2.04 bits per heavy atom. The van der Waals surface area contributed by atoms with E-state index in [1.807, 2.05) is 12.1 Å². The number of nitrogens with zero attached hydrogens (tertiary/aromatic N) is 1. The summed E-state index contributed by atoms with van der Waals surface area (Å²) < 4.78 is 10.9. The minimum absolute atomic E-state index is 0.0153. The number of carbonyl (C=O) groups excluding carboxylic acids is 2. The highest BCUT2D eigenvalue weighted by atomic mass is 16.5. The van der Waals surface area contributed by atoms with E-state index in [1.165, 1.54) is 4.90 Å². The molecule has 0 saturated heterocycles. The van der Waals surface area contributed by atoms with Crippen LogP contribution in [0, 0.1) is 11.8 Å². The lowest BCUT2D eigenvalue weighted by Crippen LogP contribution is -2.34. The van der Waals surface area contributed by atoms with Gasteiger partial charge in [0.25, 0.3) is 5.91 Å². The van der Waals surface area contributed by atoms with Crippen molar-refractivity contribution in [3.05, 3.63) is 23.8 Å². The monoisotopic (exact) mass is 363 g/mol. The van der Waals surface area contributed by atoms with Crippen LogP contribution < -0.4 is 20.5 Å². The second-order valence-corrected chi connectivity index (χ2v) is 6.81. The van der Waals surface area contributed by atoms with E-state index in [0.717, 1.165) is 24.8 Å². The maximum Gasteiger partial charge on any atom is 0.259 e. The van der Waals surface area contributed by atoms with Crippen molar-refractivity contribution in [2.45, 2.75) is 25.8 Å². The van der Waals surface area contributed by atoms with Crippen LogP contribution in [0.3, 0.4) is 0 Å². The summed E-state index contributed by atoms with van der Waals surface area (Å²) in [5.41, 5.74) is 6.66. The molecule has 0 heterocycles. The summed E-state index contributed by atoms with van der Waals surface area (Å²) in [6, 6.07) is 5.42.